The number of likely N-dealkylation sites (N-methyl/N-ethyl adjacent to an activating group) is 1. The van der Waals surface area contributed by atoms with E-state index in [2.05, 4.69) is 20.9 Å². The van der Waals surface area contributed by atoms with Crippen LogP contribution in [0.1, 0.15) is 15.9 Å². The van der Waals surface area contributed by atoms with Crippen LogP contribution in [0.15, 0.2) is 36.7 Å². The predicted octanol–water partition coefficient (Wildman–Crippen LogP) is 0.470. The Kier molecular flexibility index (Phi) is 5.25. The average molecular weight is 273 g/mol. The summed E-state index contributed by atoms with van der Waals surface area (Å²) in [4.78, 5) is 12.2. The Bertz CT molecular complexity index is 538. The van der Waals surface area contributed by atoms with Crippen molar-refractivity contribution in [2.75, 3.05) is 20.1 Å². The predicted molar refractivity (Wildman–Crippen MR) is 76.4 cm³/mol. The molecular weight excluding hydrogens is 254 g/mol. The van der Waals surface area contributed by atoms with Gasteiger partial charge in [-0.05, 0) is 31.6 Å². The molecule has 0 saturated carbocycles. The van der Waals surface area contributed by atoms with Crippen molar-refractivity contribution in [1.82, 2.24) is 25.6 Å². The Hall–Kier alpha value is -2.21. The monoisotopic (exact) mass is 273 g/mol. The Morgan fingerprint density at radius 1 is 1.30 bits per heavy atom. The van der Waals surface area contributed by atoms with E-state index in [0.29, 0.717) is 13.1 Å². The number of aromatic nitrogens is 3. The summed E-state index contributed by atoms with van der Waals surface area (Å²) < 4.78 is 1.69. The number of nitrogens with one attached hydrogen (secondary N) is 2. The van der Waals surface area contributed by atoms with E-state index in [1.54, 1.807) is 17.1 Å². The van der Waals surface area contributed by atoms with Crippen molar-refractivity contribution in [2.45, 2.75) is 13.0 Å². The van der Waals surface area contributed by atoms with Crippen LogP contribution in [0.3, 0.4) is 0 Å². The molecular formula is C14H19N5O. The smallest absolute Gasteiger partial charge is 0.251 e. The minimum Gasteiger partial charge on any atom is -0.350 e. The number of hydrogen-bond acceptors (Lipinski definition) is 4. The van der Waals surface area contributed by atoms with Gasteiger partial charge in [-0.25, -0.2) is 0 Å². The molecule has 1 aromatic heterocycles. The fraction of sp³-hybridized carbons (Fsp3) is 0.357. The summed E-state index contributed by atoms with van der Waals surface area (Å²) in [5.41, 5.74) is 1.79. The SMILES string of the molecule is CNCCc1ccccc1C(=O)NCCn1ccnn1. The molecule has 0 saturated heterocycles. The summed E-state index contributed by atoms with van der Waals surface area (Å²) >= 11 is 0. The molecule has 0 radical (unpaired) electrons. The molecule has 2 aromatic rings. The molecule has 20 heavy (non-hydrogen) atoms. The van der Waals surface area contributed by atoms with Crippen LogP contribution in [0.2, 0.25) is 0 Å². The maximum atomic E-state index is 12.2. The molecule has 0 unspecified atom stereocenters. The summed E-state index contributed by atoms with van der Waals surface area (Å²) in [6.07, 6.45) is 4.23. The first-order valence-corrected chi connectivity index (χ1v) is 6.66. The number of rotatable bonds is 7. The molecule has 0 atom stereocenters. The third-order valence-electron chi connectivity index (χ3n) is 3.00. The zero-order valence-electron chi connectivity index (χ0n) is 11.5. The molecule has 0 fully saturated rings. The second-order valence-corrected chi connectivity index (χ2v) is 4.43. The topological polar surface area (TPSA) is 71.8 Å². The van der Waals surface area contributed by atoms with Crippen molar-refractivity contribution in [3.63, 3.8) is 0 Å². The first-order valence-electron chi connectivity index (χ1n) is 6.66. The molecule has 0 aliphatic carbocycles. The van der Waals surface area contributed by atoms with Crippen molar-refractivity contribution in [3.05, 3.63) is 47.8 Å². The maximum Gasteiger partial charge on any atom is 0.251 e. The summed E-state index contributed by atoms with van der Waals surface area (Å²) in [6, 6.07) is 7.69. The van der Waals surface area contributed by atoms with E-state index < -0.39 is 0 Å². The van der Waals surface area contributed by atoms with E-state index in [4.69, 9.17) is 0 Å². The van der Waals surface area contributed by atoms with Crippen molar-refractivity contribution < 1.29 is 4.79 Å². The van der Waals surface area contributed by atoms with Gasteiger partial charge < -0.3 is 10.6 Å². The number of hydrogen-bond donors (Lipinski definition) is 2. The van der Waals surface area contributed by atoms with Gasteiger partial charge in [-0.3, -0.25) is 9.48 Å². The Labute approximate surface area is 118 Å². The molecule has 1 aromatic carbocycles. The van der Waals surface area contributed by atoms with Crippen LogP contribution < -0.4 is 10.6 Å². The fourth-order valence-electron chi connectivity index (χ4n) is 1.95. The molecule has 1 heterocycles. The summed E-state index contributed by atoms with van der Waals surface area (Å²) in [5, 5.41) is 13.6. The van der Waals surface area contributed by atoms with Crippen LogP contribution in [-0.4, -0.2) is 41.0 Å². The molecule has 0 spiro atoms. The highest BCUT2D eigenvalue weighted by atomic mass is 16.1. The highest BCUT2D eigenvalue weighted by molar-refractivity contribution is 5.95. The zero-order valence-corrected chi connectivity index (χ0v) is 11.5. The molecule has 6 heteroatoms. The van der Waals surface area contributed by atoms with Crippen LogP contribution in [-0.2, 0) is 13.0 Å². The van der Waals surface area contributed by atoms with Gasteiger partial charge in [-0.15, -0.1) is 5.10 Å². The van der Waals surface area contributed by atoms with Crippen LogP contribution in [0.5, 0.6) is 0 Å². The third kappa shape index (κ3) is 3.89. The van der Waals surface area contributed by atoms with E-state index in [1.807, 2.05) is 31.3 Å². The molecule has 0 aliphatic heterocycles. The van der Waals surface area contributed by atoms with Gasteiger partial charge in [0.15, 0.2) is 0 Å². The number of benzene rings is 1. The van der Waals surface area contributed by atoms with Crippen molar-refractivity contribution in [2.24, 2.45) is 0 Å². The minimum atomic E-state index is -0.0446. The zero-order chi connectivity index (χ0) is 14.2. The van der Waals surface area contributed by atoms with Gasteiger partial charge in [-0.2, -0.15) is 0 Å². The van der Waals surface area contributed by atoms with Gasteiger partial charge >= 0.3 is 0 Å². The van der Waals surface area contributed by atoms with Crippen LogP contribution in [0, 0.1) is 0 Å². The summed E-state index contributed by atoms with van der Waals surface area (Å²) in [6.45, 7) is 2.00. The average Bonchev–Trinajstić information content (AvgIpc) is 2.98. The Balaban J connectivity index is 1.91. The van der Waals surface area contributed by atoms with Gasteiger partial charge in [0, 0.05) is 18.3 Å². The molecule has 2 rings (SSSR count). The largest absolute Gasteiger partial charge is 0.350 e. The minimum absolute atomic E-state index is 0.0446. The lowest BCUT2D eigenvalue weighted by atomic mass is 10.0. The van der Waals surface area contributed by atoms with Crippen LogP contribution in [0.25, 0.3) is 0 Å². The van der Waals surface area contributed by atoms with Crippen molar-refractivity contribution >= 4 is 5.91 Å². The van der Waals surface area contributed by atoms with Gasteiger partial charge in [-0.1, -0.05) is 23.4 Å². The van der Waals surface area contributed by atoms with Crippen LogP contribution in [0.4, 0.5) is 0 Å². The number of amides is 1. The van der Waals surface area contributed by atoms with E-state index in [-0.39, 0.29) is 5.91 Å². The van der Waals surface area contributed by atoms with Gasteiger partial charge in [0.05, 0.1) is 12.7 Å². The first kappa shape index (κ1) is 14.2. The standard InChI is InChI=1S/C14H19N5O/c1-15-7-6-12-4-2-3-5-13(12)14(20)16-8-10-19-11-9-17-18-19/h2-5,9,11,15H,6-8,10H2,1H3,(H,16,20). The summed E-state index contributed by atoms with van der Waals surface area (Å²) in [5.74, 6) is -0.0446. The Morgan fingerprint density at radius 3 is 2.90 bits per heavy atom. The normalized spacial score (nSPS) is 10.4. The second-order valence-electron chi connectivity index (χ2n) is 4.43. The third-order valence-corrected chi connectivity index (χ3v) is 3.00. The van der Waals surface area contributed by atoms with E-state index in [0.717, 1.165) is 24.1 Å². The van der Waals surface area contributed by atoms with E-state index >= 15 is 0 Å². The molecule has 0 aliphatic rings. The molecule has 1 amide bonds. The summed E-state index contributed by atoms with van der Waals surface area (Å²) in [7, 11) is 1.90. The molecule has 106 valence electrons. The quantitative estimate of drug-likeness (QED) is 0.769. The lowest BCUT2D eigenvalue weighted by molar-refractivity contribution is 0.0951. The lowest BCUT2D eigenvalue weighted by Gasteiger charge is -2.10. The maximum absolute atomic E-state index is 12.2. The number of carbonyl (C=O) groups excluding carboxylic acids is 1. The lowest BCUT2D eigenvalue weighted by Crippen LogP contribution is -2.28. The molecule has 2 N–H and O–H groups in total. The number of carbonyl (C=O) groups is 1. The number of nitrogens with zero attached hydrogens (tertiary/aromatic N) is 3. The van der Waals surface area contributed by atoms with Gasteiger partial charge in [0.25, 0.3) is 5.91 Å². The van der Waals surface area contributed by atoms with E-state index in [9.17, 15) is 4.79 Å². The van der Waals surface area contributed by atoms with Crippen molar-refractivity contribution in [1.29, 1.82) is 0 Å². The van der Waals surface area contributed by atoms with E-state index in [1.165, 1.54) is 0 Å². The molecule has 0 bridgehead atoms. The first-order chi connectivity index (χ1) is 9.81. The van der Waals surface area contributed by atoms with Gasteiger partial charge in [0.2, 0.25) is 0 Å². The highest BCUT2D eigenvalue weighted by Crippen LogP contribution is 2.09. The van der Waals surface area contributed by atoms with Gasteiger partial charge in [0.1, 0.15) is 0 Å². The van der Waals surface area contributed by atoms with Crippen molar-refractivity contribution in [3.8, 4) is 0 Å². The Morgan fingerprint density at radius 2 is 2.15 bits per heavy atom. The molecule has 6 nitrogen and oxygen atoms in total. The highest BCUT2D eigenvalue weighted by Gasteiger charge is 2.09. The fourth-order valence-corrected chi connectivity index (χ4v) is 1.95. The second kappa shape index (κ2) is 7.40. The van der Waals surface area contributed by atoms with Crippen LogP contribution >= 0.6 is 0 Å².